The summed E-state index contributed by atoms with van der Waals surface area (Å²) in [6.45, 7) is 0. The molecule has 3 N–H and O–H groups in total. The maximum atomic E-state index is 5.99. The van der Waals surface area contributed by atoms with Gasteiger partial charge in [0.2, 0.25) is 0 Å². The quantitative estimate of drug-likeness (QED) is 0.664. The molecule has 3 nitrogen and oxygen atoms in total. The number of aromatic nitrogens is 1. The summed E-state index contributed by atoms with van der Waals surface area (Å²) in [5.41, 5.74) is 4.72. The van der Waals surface area contributed by atoms with Crippen molar-refractivity contribution in [2.75, 3.05) is 0 Å². The van der Waals surface area contributed by atoms with E-state index in [1.54, 1.807) is 24.5 Å². The number of hydrogen-bond donors (Lipinski definition) is 2. The van der Waals surface area contributed by atoms with E-state index in [1.807, 2.05) is 18.2 Å². The van der Waals surface area contributed by atoms with Crippen molar-refractivity contribution in [2.45, 2.75) is 6.04 Å². The van der Waals surface area contributed by atoms with Gasteiger partial charge in [0.05, 0.1) is 16.1 Å². The zero-order chi connectivity index (χ0) is 12.3. The summed E-state index contributed by atoms with van der Waals surface area (Å²) < 4.78 is 0. The van der Waals surface area contributed by atoms with Gasteiger partial charge in [0.25, 0.3) is 0 Å². The van der Waals surface area contributed by atoms with Gasteiger partial charge >= 0.3 is 0 Å². The summed E-state index contributed by atoms with van der Waals surface area (Å²) >= 11 is 11.9. The van der Waals surface area contributed by atoms with Crippen LogP contribution in [0.1, 0.15) is 17.2 Å². The van der Waals surface area contributed by atoms with Crippen LogP contribution in [0.2, 0.25) is 10.0 Å². The van der Waals surface area contributed by atoms with E-state index in [-0.39, 0.29) is 6.04 Å². The zero-order valence-corrected chi connectivity index (χ0v) is 10.4. The van der Waals surface area contributed by atoms with E-state index in [0.717, 1.165) is 11.1 Å². The summed E-state index contributed by atoms with van der Waals surface area (Å²) in [6.07, 6.45) is 3.44. The Bertz CT molecular complexity index is 502. The first-order valence-corrected chi connectivity index (χ1v) is 5.79. The van der Waals surface area contributed by atoms with Crippen LogP contribution in [0.5, 0.6) is 0 Å². The lowest BCUT2D eigenvalue weighted by Gasteiger charge is -2.17. The van der Waals surface area contributed by atoms with Gasteiger partial charge in [0, 0.05) is 12.4 Å². The average molecular weight is 268 g/mol. The number of halogens is 2. The average Bonchev–Trinajstić information content (AvgIpc) is 2.36. The lowest BCUT2D eigenvalue weighted by Crippen LogP contribution is -2.28. The first-order chi connectivity index (χ1) is 8.22. The van der Waals surface area contributed by atoms with Crippen LogP contribution in [0.15, 0.2) is 42.7 Å². The molecule has 0 aliphatic carbocycles. The Kier molecular flexibility index (Phi) is 3.97. The summed E-state index contributed by atoms with van der Waals surface area (Å²) in [4.78, 5) is 3.97. The van der Waals surface area contributed by atoms with E-state index in [2.05, 4.69) is 10.4 Å². The van der Waals surface area contributed by atoms with E-state index in [1.165, 1.54) is 0 Å². The van der Waals surface area contributed by atoms with Gasteiger partial charge in [-0.05, 0) is 35.4 Å². The molecule has 0 radical (unpaired) electrons. The Morgan fingerprint density at radius 2 is 1.71 bits per heavy atom. The van der Waals surface area contributed by atoms with Crippen LogP contribution < -0.4 is 11.3 Å². The molecule has 0 saturated carbocycles. The highest BCUT2D eigenvalue weighted by molar-refractivity contribution is 6.42. The fourth-order valence-electron chi connectivity index (χ4n) is 1.63. The second-order valence-corrected chi connectivity index (χ2v) is 4.37. The Morgan fingerprint density at radius 3 is 2.29 bits per heavy atom. The topological polar surface area (TPSA) is 50.9 Å². The third-order valence-corrected chi connectivity index (χ3v) is 3.22. The van der Waals surface area contributed by atoms with Gasteiger partial charge in [-0.1, -0.05) is 29.3 Å². The molecule has 88 valence electrons. The number of pyridine rings is 1. The standard InChI is InChI=1S/C12H11Cl2N3/c13-10-2-1-9(7-11(10)14)12(17-15)8-3-5-16-6-4-8/h1-7,12,17H,15H2. The van der Waals surface area contributed by atoms with Crippen LogP contribution >= 0.6 is 23.2 Å². The number of hydrogen-bond acceptors (Lipinski definition) is 3. The number of nitrogens with two attached hydrogens (primary N) is 1. The first-order valence-electron chi connectivity index (χ1n) is 5.03. The molecule has 0 saturated heterocycles. The molecule has 0 spiro atoms. The van der Waals surface area contributed by atoms with Crippen molar-refractivity contribution < 1.29 is 0 Å². The van der Waals surface area contributed by atoms with Crippen LogP contribution in [0.3, 0.4) is 0 Å². The van der Waals surface area contributed by atoms with Crippen LogP contribution in [0, 0.1) is 0 Å². The van der Waals surface area contributed by atoms with Gasteiger partial charge in [-0.3, -0.25) is 10.8 Å². The molecule has 1 aromatic heterocycles. The Morgan fingerprint density at radius 1 is 1.00 bits per heavy atom. The van der Waals surface area contributed by atoms with E-state index < -0.39 is 0 Å². The molecule has 17 heavy (non-hydrogen) atoms. The highest BCUT2D eigenvalue weighted by Crippen LogP contribution is 2.28. The monoisotopic (exact) mass is 267 g/mol. The zero-order valence-electron chi connectivity index (χ0n) is 8.90. The molecule has 0 bridgehead atoms. The highest BCUT2D eigenvalue weighted by Gasteiger charge is 2.13. The van der Waals surface area contributed by atoms with Gasteiger partial charge in [0.1, 0.15) is 0 Å². The minimum absolute atomic E-state index is 0.132. The smallest absolute Gasteiger partial charge is 0.0711 e. The summed E-state index contributed by atoms with van der Waals surface area (Å²) in [6, 6.07) is 9.10. The molecule has 1 unspecified atom stereocenters. The van der Waals surface area contributed by atoms with Crippen molar-refractivity contribution >= 4 is 23.2 Å². The number of rotatable bonds is 3. The van der Waals surface area contributed by atoms with Gasteiger partial charge < -0.3 is 0 Å². The van der Waals surface area contributed by atoms with Gasteiger partial charge in [-0.2, -0.15) is 0 Å². The molecule has 0 aliphatic rings. The fourth-order valence-corrected chi connectivity index (χ4v) is 1.94. The molecular formula is C12H11Cl2N3. The number of benzene rings is 1. The predicted octanol–water partition coefficient (Wildman–Crippen LogP) is 2.94. The minimum Gasteiger partial charge on any atom is -0.271 e. The minimum atomic E-state index is -0.132. The Hall–Kier alpha value is -1.13. The molecule has 0 aliphatic heterocycles. The van der Waals surface area contributed by atoms with E-state index in [4.69, 9.17) is 29.0 Å². The molecule has 1 heterocycles. The van der Waals surface area contributed by atoms with Crippen LogP contribution in [0.4, 0.5) is 0 Å². The highest BCUT2D eigenvalue weighted by atomic mass is 35.5. The van der Waals surface area contributed by atoms with Crippen molar-refractivity contribution in [1.82, 2.24) is 10.4 Å². The van der Waals surface area contributed by atoms with Crippen LogP contribution in [-0.2, 0) is 0 Å². The Labute approximate surface area is 110 Å². The molecule has 1 atom stereocenters. The van der Waals surface area contributed by atoms with Gasteiger partial charge in [-0.15, -0.1) is 0 Å². The van der Waals surface area contributed by atoms with Crippen molar-refractivity contribution in [2.24, 2.45) is 5.84 Å². The van der Waals surface area contributed by atoms with Crippen molar-refractivity contribution in [3.63, 3.8) is 0 Å². The molecule has 0 fully saturated rings. The maximum absolute atomic E-state index is 5.99. The number of nitrogens with one attached hydrogen (secondary N) is 1. The lowest BCUT2D eigenvalue weighted by molar-refractivity contribution is 0.636. The summed E-state index contributed by atoms with van der Waals surface area (Å²) in [5.74, 6) is 5.58. The molecule has 5 heteroatoms. The number of nitrogens with zero attached hydrogens (tertiary/aromatic N) is 1. The van der Waals surface area contributed by atoms with Gasteiger partial charge in [-0.25, -0.2) is 5.43 Å². The normalized spacial score (nSPS) is 12.4. The third kappa shape index (κ3) is 2.76. The largest absolute Gasteiger partial charge is 0.271 e. The van der Waals surface area contributed by atoms with Crippen LogP contribution in [-0.4, -0.2) is 4.98 Å². The van der Waals surface area contributed by atoms with Crippen molar-refractivity contribution in [3.05, 3.63) is 63.9 Å². The van der Waals surface area contributed by atoms with E-state index >= 15 is 0 Å². The molecule has 1 aromatic carbocycles. The molecular weight excluding hydrogens is 257 g/mol. The second kappa shape index (κ2) is 5.47. The third-order valence-electron chi connectivity index (χ3n) is 2.48. The number of hydrazine groups is 1. The van der Waals surface area contributed by atoms with Crippen LogP contribution in [0.25, 0.3) is 0 Å². The van der Waals surface area contributed by atoms with Gasteiger partial charge in [0.15, 0.2) is 0 Å². The van der Waals surface area contributed by atoms with E-state index in [0.29, 0.717) is 10.0 Å². The maximum Gasteiger partial charge on any atom is 0.0711 e. The second-order valence-electron chi connectivity index (χ2n) is 3.55. The fraction of sp³-hybridized carbons (Fsp3) is 0.0833. The Balaban J connectivity index is 2.39. The molecule has 2 rings (SSSR count). The van der Waals surface area contributed by atoms with Crippen molar-refractivity contribution in [1.29, 1.82) is 0 Å². The first kappa shape index (κ1) is 12.3. The summed E-state index contributed by atoms with van der Waals surface area (Å²) in [5, 5.41) is 1.04. The summed E-state index contributed by atoms with van der Waals surface area (Å²) in [7, 11) is 0. The SMILES string of the molecule is NNC(c1ccncc1)c1ccc(Cl)c(Cl)c1. The molecule has 2 aromatic rings. The lowest BCUT2D eigenvalue weighted by atomic mass is 10.0. The predicted molar refractivity (Wildman–Crippen MR) is 69.9 cm³/mol. The van der Waals surface area contributed by atoms with Crippen molar-refractivity contribution in [3.8, 4) is 0 Å². The molecule has 0 amide bonds. The van der Waals surface area contributed by atoms with E-state index in [9.17, 15) is 0 Å².